The molecule has 3 N–H and O–H groups in total. The number of carbonyl (C=O) groups is 1. The third-order valence-electron chi connectivity index (χ3n) is 2.86. The van der Waals surface area contributed by atoms with Gasteiger partial charge in [0.1, 0.15) is 0 Å². The van der Waals surface area contributed by atoms with E-state index in [4.69, 9.17) is 5.90 Å². The van der Waals surface area contributed by atoms with Crippen molar-refractivity contribution in [3.63, 3.8) is 0 Å². The van der Waals surface area contributed by atoms with Crippen LogP contribution in [0.25, 0.3) is 0 Å². The minimum atomic E-state index is -0.312. The quantitative estimate of drug-likeness (QED) is 0.681. The standard InChI is InChI=1S/C11H22N2O2/c1-10(2)6-8(5-9(14)15-12)7-11(3,4)13-10/h8,13H,5-7,12H2,1-4H3. The van der Waals surface area contributed by atoms with Crippen molar-refractivity contribution in [3.8, 4) is 0 Å². The van der Waals surface area contributed by atoms with Crippen LogP contribution >= 0.6 is 0 Å². The maximum absolute atomic E-state index is 11.1. The maximum Gasteiger partial charge on any atom is 0.324 e. The molecule has 1 rings (SSSR count). The van der Waals surface area contributed by atoms with Gasteiger partial charge >= 0.3 is 5.97 Å². The Labute approximate surface area is 91.5 Å². The van der Waals surface area contributed by atoms with Gasteiger partial charge in [-0.05, 0) is 46.5 Å². The lowest BCUT2D eigenvalue weighted by atomic mass is 9.75. The smallest absolute Gasteiger partial charge is 0.324 e. The van der Waals surface area contributed by atoms with Gasteiger partial charge in [-0.3, -0.25) is 4.79 Å². The Balaban J connectivity index is 2.63. The van der Waals surface area contributed by atoms with Gasteiger partial charge in [0.25, 0.3) is 0 Å². The summed E-state index contributed by atoms with van der Waals surface area (Å²) in [6, 6.07) is 0. The summed E-state index contributed by atoms with van der Waals surface area (Å²) in [5.74, 6) is 4.90. The van der Waals surface area contributed by atoms with Crippen LogP contribution in [-0.2, 0) is 9.63 Å². The van der Waals surface area contributed by atoms with Crippen LogP contribution in [0.1, 0.15) is 47.0 Å². The Morgan fingerprint density at radius 1 is 1.33 bits per heavy atom. The topological polar surface area (TPSA) is 64.3 Å². The highest BCUT2D eigenvalue weighted by atomic mass is 16.7. The first-order valence-corrected chi connectivity index (χ1v) is 5.43. The lowest BCUT2D eigenvalue weighted by Crippen LogP contribution is -2.58. The van der Waals surface area contributed by atoms with Gasteiger partial charge in [0.2, 0.25) is 0 Å². The highest BCUT2D eigenvalue weighted by Gasteiger charge is 2.38. The number of hydrogen-bond donors (Lipinski definition) is 2. The average molecular weight is 214 g/mol. The number of nitrogens with two attached hydrogens (primary N) is 1. The summed E-state index contributed by atoms with van der Waals surface area (Å²) in [6.45, 7) is 8.65. The Hall–Kier alpha value is -0.610. The van der Waals surface area contributed by atoms with Gasteiger partial charge in [-0.15, -0.1) is 0 Å². The summed E-state index contributed by atoms with van der Waals surface area (Å²) in [6.07, 6.45) is 2.38. The van der Waals surface area contributed by atoms with Crippen molar-refractivity contribution in [2.45, 2.75) is 58.0 Å². The van der Waals surface area contributed by atoms with Gasteiger partial charge in [-0.25, -0.2) is 0 Å². The monoisotopic (exact) mass is 214 g/mol. The molecule has 4 nitrogen and oxygen atoms in total. The molecule has 4 heteroatoms. The number of rotatable bonds is 2. The van der Waals surface area contributed by atoms with E-state index in [2.05, 4.69) is 37.8 Å². The van der Waals surface area contributed by atoms with Crippen LogP contribution in [0.15, 0.2) is 0 Å². The van der Waals surface area contributed by atoms with Crippen LogP contribution in [0.5, 0.6) is 0 Å². The summed E-state index contributed by atoms with van der Waals surface area (Å²) in [5, 5.41) is 3.57. The predicted octanol–water partition coefficient (Wildman–Crippen LogP) is 1.35. The Morgan fingerprint density at radius 3 is 2.20 bits per heavy atom. The normalized spacial score (nSPS) is 24.9. The van der Waals surface area contributed by atoms with E-state index in [0.717, 1.165) is 12.8 Å². The number of piperidine rings is 1. The molecule has 0 atom stereocenters. The van der Waals surface area contributed by atoms with Crippen molar-refractivity contribution in [2.24, 2.45) is 11.8 Å². The van der Waals surface area contributed by atoms with E-state index < -0.39 is 0 Å². The van der Waals surface area contributed by atoms with Crippen LogP contribution in [0.3, 0.4) is 0 Å². The molecule has 1 saturated heterocycles. The molecule has 0 aromatic heterocycles. The SMILES string of the molecule is CC1(C)CC(CC(=O)ON)CC(C)(C)N1. The summed E-state index contributed by atoms with van der Waals surface area (Å²) in [5.41, 5.74) is 0.141. The van der Waals surface area contributed by atoms with E-state index in [1.165, 1.54) is 0 Å². The highest BCUT2D eigenvalue weighted by Crippen LogP contribution is 2.34. The van der Waals surface area contributed by atoms with Crippen LogP contribution in [0.4, 0.5) is 0 Å². The van der Waals surface area contributed by atoms with Crippen LogP contribution in [-0.4, -0.2) is 17.0 Å². The molecule has 15 heavy (non-hydrogen) atoms. The van der Waals surface area contributed by atoms with Crippen molar-refractivity contribution >= 4 is 5.97 Å². The molecule has 0 bridgehead atoms. The molecule has 0 aromatic carbocycles. The third-order valence-corrected chi connectivity index (χ3v) is 2.86. The minimum absolute atomic E-state index is 0.0707. The largest absolute Gasteiger partial charge is 0.373 e. The Kier molecular flexibility index (Phi) is 3.41. The highest BCUT2D eigenvalue weighted by molar-refractivity contribution is 5.69. The van der Waals surface area contributed by atoms with Crippen molar-refractivity contribution < 1.29 is 9.63 Å². The summed E-state index contributed by atoms with van der Waals surface area (Å²) < 4.78 is 0. The van der Waals surface area contributed by atoms with Crippen molar-refractivity contribution in [1.29, 1.82) is 0 Å². The lowest BCUT2D eigenvalue weighted by molar-refractivity contribution is -0.146. The molecule has 0 unspecified atom stereocenters. The lowest BCUT2D eigenvalue weighted by Gasteiger charge is -2.46. The molecule has 0 amide bonds. The molecular weight excluding hydrogens is 192 g/mol. The molecule has 0 spiro atoms. The number of hydrogen-bond acceptors (Lipinski definition) is 4. The fourth-order valence-corrected chi connectivity index (χ4v) is 2.96. The maximum atomic E-state index is 11.1. The zero-order chi connectivity index (χ0) is 11.7. The molecule has 1 aliphatic heterocycles. The van der Waals surface area contributed by atoms with Crippen molar-refractivity contribution in [1.82, 2.24) is 5.32 Å². The molecule has 1 heterocycles. The van der Waals surface area contributed by atoms with Crippen molar-refractivity contribution in [3.05, 3.63) is 0 Å². The van der Waals surface area contributed by atoms with Gasteiger partial charge in [0.05, 0.1) is 6.42 Å². The second kappa shape index (κ2) is 4.10. The molecule has 0 aliphatic carbocycles. The summed E-state index contributed by atoms with van der Waals surface area (Å²) in [7, 11) is 0. The van der Waals surface area contributed by atoms with E-state index >= 15 is 0 Å². The first-order chi connectivity index (χ1) is 6.74. The van der Waals surface area contributed by atoms with E-state index in [-0.39, 0.29) is 17.0 Å². The fourth-order valence-electron chi connectivity index (χ4n) is 2.96. The van der Waals surface area contributed by atoms with Gasteiger partial charge in [0.15, 0.2) is 0 Å². The molecule has 1 aliphatic rings. The van der Waals surface area contributed by atoms with Crippen molar-refractivity contribution in [2.75, 3.05) is 0 Å². The minimum Gasteiger partial charge on any atom is -0.373 e. The zero-order valence-corrected chi connectivity index (χ0v) is 10.1. The van der Waals surface area contributed by atoms with Gasteiger partial charge in [-0.2, -0.15) is 5.90 Å². The first-order valence-electron chi connectivity index (χ1n) is 5.43. The van der Waals surface area contributed by atoms with E-state index in [1.807, 2.05) is 0 Å². The molecular formula is C11H22N2O2. The second-order valence-corrected chi connectivity index (χ2v) is 5.86. The van der Waals surface area contributed by atoms with E-state index in [9.17, 15) is 4.79 Å². The summed E-state index contributed by atoms with van der Waals surface area (Å²) >= 11 is 0. The van der Waals surface area contributed by atoms with Crippen LogP contribution < -0.4 is 11.2 Å². The fraction of sp³-hybridized carbons (Fsp3) is 0.909. The van der Waals surface area contributed by atoms with Gasteiger partial charge < -0.3 is 10.2 Å². The summed E-state index contributed by atoms with van der Waals surface area (Å²) in [4.78, 5) is 15.4. The zero-order valence-electron chi connectivity index (χ0n) is 10.1. The van der Waals surface area contributed by atoms with Crippen LogP contribution in [0, 0.1) is 5.92 Å². The predicted molar refractivity (Wildman–Crippen MR) is 58.9 cm³/mol. The van der Waals surface area contributed by atoms with E-state index in [1.54, 1.807) is 0 Å². The average Bonchev–Trinajstić information content (AvgIpc) is 1.97. The molecule has 0 radical (unpaired) electrons. The first kappa shape index (κ1) is 12.5. The third kappa shape index (κ3) is 3.80. The number of carbonyl (C=O) groups excluding carboxylic acids is 1. The molecule has 88 valence electrons. The van der Waals surface area contributed by atoms with Gasteiger partial charge in [0, 0.05) is 11.1 Å². The van der Waals surface area contributed by atoms with Gasteiger partial charge in [-0.1, -0.05) is 0 Å². The second-order valence-electron chi connectivity index (χ2n) is 5.86. The Morgan fingerprint density at radius 2 is 1.80 bits per heavy atom. The van der Waals surface area contributed by atoms with Crippen LogP contribution in [0.2, 0.25) is 0 Å². The molecule has 0 aromatic rings. The molecule has 0 saturated carbocycles. The molecule has 1 fully saturated rings. The Bertz CT molecular complexity index is 233. The number of nitrogens with one attached hydrogen (secondary N) is 1. The van der Waals surface area contributed by atoms with E-state index in [0.29, 0.717) is 12.3 Å².